The number of nitrogens with two attached hydrogens (primary N) is 1. The van der Waals surface area contributed by atoms with E-state index in [0.29, 0.717) is 24.8 Å². The second kappa shape index (κ2) is 6.48. The molecule has 0 atom stereocenters. The Balaban J connectivity index is 1.38. The topological polar surface area (TPSA) is 93.1 Å². The molecule has 0 unspecified atom stereocenters. The minimum Gasteiger partial charge on any atom is -0.383 e. The molecule has 0 bridgehead atoms. The lowest BCUT2D eigenvalue weighted by atomic mass is 9.80. The molecular weight excluding hydrogens is 316 g/mol. The molecular formula is C18H26N6O. The van der Waals surface area contributed by atoms with E-state index < -0.39 is 5.60 Å². The van der Waals surface area contributed by atoms with E-state index >= 15 is 0 Å². The first-order valence-electron chi connectivity index (χ1n) is 9.05. The van der Waals surface area contributed by atoms with Crippen molar-refractivity contribution >= 4 is 0 Å². The number of hydrogen-bond donors (Lipinski definition) is 2. The summed E-state index contributed by atoms with van der Waals surface area (Å²) in [4.78, 5) is 6.67. The molecule has 7 nitrogen and oxygen atoms in total. The van der Waals surface area contributed by atoms with Crippen LogP contribution in [0.4, 0.5) is 0 Å². The minimum absolute atomic E-state index is 0.316. The Labute approximate surface area is 147 Å². The molecule has 1 saturated carbocycles. The van der Waals surface area contributed by atoms with Gasteiger partial charge in [0.2, 0.25) is 0 Å². The van der Waals surface area contributed by atoms with Crippen LogP contribution in [-0.2, 0) is 19.2 Å². The van der Waals surface area contributed by atoms with E-state index in [2.05, 4.69) is 24.6 Å². The van der Waals surface area contributed by atoms with Gasteiger partial charge in [0.05, 0.1) is 12.2 Å². The number of likely N-dealkylation sites (tertiary alicyclic amines) is 1. The average Bonchev–Trinajstić information content (AvgIpc) is 2.95. The Bertz CT molecular complexity index is 716. The summed E-state index contributed by atoms with van der Waals surface area (Å²) < 4.78 is 2.12. The van der Waals surface area contributed by atoms with Gasteiger partial charge in [-0.3, -0.25) is 9.88 Å². The van der Waals surface area contributed by atoms with Gasteiger partial charge in [-0.05, 0) is 37.8 Å². The highest BCUT2D eigenvalue weighted by atomic mass is 16.3. The summed E-state index contributed by atoms with van der Waals surface area (Å²) in [6, 6.07) is 6.04. The quantitative estimate of drug-likeness (QED) is 0.857. The Morgan fingerprint density at radius 3 is 2.64 bits per heavy atom. The molecule has 1 aliphatic heterocycles. The summed E-state index contributed by atoms with van der Waals surface area (Å²) in [5, 5.41) is 19.7. The second-order valence-corrected chi connectivity index (χ2v) is 7.48. The van der Waals surface area contributed by atoms with Crippen LogP contribution in [0.25, 0.3) is 0 Å². The van der Waals surface area contributed by atoms with E-state index in [0.717, 1.165) is 49.8 Å². The van der Waals surface area contributed by atoms with Gasteiger partial charge in [-0.2, -0.15) is 0 Å². The zero-order valence-electron chi connectivity index (χ0n) is 14.7. The molecule has 0 spiro atoms. The summed E-state index contributed by atoms with van der Waals surface area (Å²) in [6.07, 6.45) is 5.13. The largest absolute Gasteiger partial charge is 0.383 e. The van der Waals surface area contributed by atoms with Gasteiger partial charge in [0.1, 0.15) is 17.2 Å². The zero-order valence-corrected chi connectivity index (χ0v) is 14.7. The monoisotopic (exact) mass is 342 g/mol. The summed E-state index contributed by atoms with van der Waals surface area (Å²) in [5.41, 5.74) is 5.85. The lowest BCUT2D eigenvalue weighted by Crippen LogP contribution is -2.43. The first-order chi connectivity index (χ1) is 12.0. The smallest absolute Gasteiger partial charge is 0.146 e. The van der Waals surface area contributed by atoms with Crippen LogP contribution in [0.2, 0.25) is 0 Å². The molecule has 0 aromatic carbocycles. The van der Waals surface area contributed by atoms with Gasteiger partial charge in [-0.25, -0.2) is 0 Å². The SMILES string of the molecule is Cn1c(CN2CCC(O)(c3ccccn3)CC2)nnc1C1CC(N)C1. The number of aromatic nitrogens is 4. The molecule has 0 amide bonds. The van der Waals surface area contributed by atoms with Crippen molar-refractivity contribution < 1.29 is 5.11 Å². The van der Waals surface area contributed by atoms with Crippen LogP contribution in [0, 0.1) is 0 Å². The van der Waals surface area contributed by atoms with Gasteiger partial charge in [-0.15, -0.1) is 10.2 Å². The lowest BCUT2D eigenvalue weighted by molar-refractivity contribution is -0.0317. The molecule has 3 heterocycles. The number of nitrogens with zero attached hydrogens (tertiary/aromatic N) is 5. The molecule has 4 rings (SSSR count). The van der Waals surface area contributed by atoms with Crippen molar-refractivity contribution in [1.82, 2.24) is 24.6 Å². The lowest BCUT2D eigenvalue weighted by Gasteiger charge is -2.37. The van der Waals surface area contributed by atoms with E-state index in [9.17, 15) is 5.11 Å². The second-order valence-electron chi connectivity index (χ2n) is 7.48. The van der Waals surface area contributed by atoms with Crippen LogP contribution in [0.1, 0.15) is 48.9 Å². The van der Waals surface area contributed by atoms with E-state index in [1.165, 1.54) is 0 Å². The van der Waals surface area contributed by atoms with Crippen molar-refractivity contribution in [1.29, 1.82) is 0 Å². The Hall–Kier alpha value is -1.83. The summed E-state index contributed by atoms with van der Waals surface area (Å²) in [7, 11) is 2.04. The van der Waals surface area contributed by atoms with Gasteiger partial charge in [0.15, 0.2) is 0 Å². The van der Waals surface area contributed by atoms with Gasteiger partial charge in [-0.1, -0.05) is 6.07 Å². The molecule has 3 N–H and O–H groups in total. The highest BCUT2D eigenvalue weighted by Gasteiger charge is 2.36. The standard InChI is InChI=1S/C18H26N6O/c1-23-16(21-22-17(23)13-10-14(19)11-13)12-24-8-5-18(25,6-9-24)15-4-2-3-7-20-15/h2-4,7,13-14,25H,5-6,8-12,19H2,1H3. The molecule has 2 aliphatic rings. The van der Waals surface area contributed by atoms with E-state index in [1.54, 1.807) is 6.20 Å². The number of aliphatic hydroxyl groups is 1. The van der Waals surface area contributed by atoms with Crippen LogP contribution in [-0.4, -0.2) is 48.9 Å². The normalized spacial score (nSPS) is 26.4. The van der Waals surface area contributed by atoms with Crippen LogP contribution in [0.15, 0.2) is 24.4 Å². The number of pyridine rings is 1. The van der Waals surface area contributed by atoms with Crippen LogP contribution < -0.4 is 5.73 Å². The molecule has 1 saturated heterocycles. The Morgan fingerprint density at radius 1 is 1.24 bits per heavy atom. The third-order valence-corrected chi connectivity index (χ3v) is 5.73. The van der Waals surface area contributed by atoms with E-state index in [1.807, 2.05) is 25.2 Å². The highest BCUT2D eigenvalue weighted by Crippen LogP contribution is 2.35. The fourth-order valence-corrected chi connectivity index (χ4v) is 3.92. The fourth-order valence-electron chi connectivity index (χ4n) is 3.92. The van der Waals surface area contributed by atoms with Gasteiger partial charge >= 0.3 is 0 Å². The molecule has 2 aromatic heterocycles. The molecule has 134 valence electrons. The minimum atomic E-state index is -0.815. The summed E-state index contributed by atoms with van der Waals surface area (Å²) in [6.45, 7) is 2.41. The maximum absolute atomic E-state index is 10.9. The zero-order chi connectivity index (χ0) is 17.4. The predicted molar refractivity (Wildman–Crippen MR) is 93.6 cm³/mol. The van der Waals surface area contributed by atoms with Crippen molar-refractivity contribution in [2.75, 3.05) is 13.1 Å². The van der Waals surface area contributed by atoms with Gasteiger partial charge in [0, 0.05) is 38.3 Å². The predicted octanol–water partition coefficient (Wildman–Crippen LogP) is 0.898. The van der Waals surface area contributed by atoms with Gasteiger partial charge < -0.3 is 15.4 Å². The maximum atomic E-state index is 10.9. The first kappa shape index (κ1) is 16.6. The van der Waals surface area contributed by atoms with Crippen molar-refractivity contribution in [3.05, 3.63) is 41.7 Å². The van der Waals surface area contributed by atoms with E-state index in [4.69, 9.17) is 5.73 Å². The number of piperidine rings is 1. The maximum Gasteiger partial charge on any atom is 0.146 e. The molecule has 25 heavy (non-hydrogen) atoms. The Morgan fingerprint density at radius 2 is 2.00 bits per heavy atom. The fraction of sp³-hybridized carbons (Fsp3) is 0.611. The highest BCUT2D eigenvalue weighted by molar-refractivity contribution is 5.14. The third kappa shape index (κ3) is 3.19. The molecule has 2 aromatic rings. The van der Waals surface area contributed by atoms with E-state index in [-0.39, 0.29) is 0 Å². The summed E-state index contributed by atoms with van der Waals surface area (Å²) >= 11 is 0. The molecule has 7 heteroatoms. The van der Waals surface area contributed by atoms with Crippen molar-refractivity contribution in [3.63, 3.8) is 0 Å². The molecule has 1 aliphatic carbocycles. The van der Waals surface area contributed by atoms with Crippen molar-refractivity contribution in [2.45, 2.75) is 49.8 Å². The molecule has 2 fully saturated rings. The number of hydrogen-bond acceptors (Lipinski definition) is 6. The Kier molecular flexibility index (Phi) is 4.31. The first-order valence-corrected chi connectivity index (χ1v) is 9.05. The van der Waals surface area contributed by atoms with Crippen molar-refractivity contribution in [2.24, 2.45) is 12.8 Å². The van der Waals surface area contributed by atoms with Gasteiger partial charge in [0.25, 0.3) is 0 Å². The summed E-state index contributed by atoms with van der Waals surface area (Å²) in [5.74, 6) is 2.49. The van der Waals surface area contributed by atoms with Crippen LogP contribution in [0.3, 0.4) is 0 Å². The molecule has 0 radical (unpaired) electrons. The van der Waals surface area contributed by atoms with Crippen molar-refractivity contribution in [3.8, 4) is 0 Å². The third-order valence-electron chi connectivity index (χ3n) is 5.73. The average molecular weight is 342 g/mol. The van der Waals surface area contributed by atoms with Crippen LogP contribution in [0.5, 0.6) is 0 Å². The van der Waals surface area contributed by atoms with Crippen LogP contribution >= 0.6 is 0 Å². The number of rotatable bonds is 4.